The second-order valence-electron chi connectivity index (χ2n) is 7.21. The van der Waals surface area contributed by atoms with Crippen LogP contribution in [0.15, 0.2) is 24.3 Å². The first-order chi connectivity index (χ1) is 14.1. The normalized spacial score (nSPS) is 15.9. The third kappa shape index (κ3) is 3.02. The summed E-state index contributed by atoms with van der Waals surface area (Å²) in [7, 11) is 0. The average molecular weight is 394 g/mol. The Morgan fingerprint density at radius 3 is 2.66 bits per heavy atom. The van der Waals surface area contributed by atoms with E-state index >= 15 is 0 Å². The molecule has 4 heterocycles. The summed E-state index contributed by atoms with van der Waals surface area (Å²) in [6.07, 6.45) is 0.809. The third-order valence-corrected chi connectivity index (χ3v) is 5.44. The van der Waals surface area contributed by atoms with Crippen molar-refractivity contribution in [1.82, 2.24) is 24.5 Å². The highest BCUT2D eigenvalue weighted by Crippen LogP contribution is 2.33. The predicted octanol–water partition coefficient (Wildman–Crippen LogP) is 1.69. The zero-order valence-electron chi connectivity index (χ0n) is 16.5. The molecule has 0 radical (unpaired) electrons. The molecule has 1 amide bonds. The van der Waals surface area contributed by atoms with E-state index in [9.17, 15) is 4.79 Å². The van der Waals surface area contributed by atoms with Gasteiger partial charge in [0.15, 0.2) is 11.5 Å². The van der Waals surface area contributed by atoms with E-state index in [1.807, 2.05) is 16.2 Å². The molecule has 2 aliphatic rings. The molecule has 1 fully saturated rings. The van der Waals surface area contributed by atoms with Crippen LogP contribution in [-0.2, 0) is 6.42 Å². The number of fused-ring (bicyclic) bond motifs is 2. The van der Waals surface area contributed by atoms with Gasteiger partial charge in [-0.1, -0.05) is 6.92 Å². The Labute approximate surface area is 167 Å². The summed E-state index contributed by atoms with van der Waals surface area (Å²) in [5.74, 6) is 3.73. The number of carbonyl (C=O) groups is 1. The van der Waals surface area contributed by atoms with E-state index < -0.39 is 0 Å². The molecule has 0 atom stereocenters. The van der Waals surface area contributed by atoms with Gasteiger partial charge >= 0.3 is 0 Å². The van der Waals surface area contributed by atoms with Crippen LogP contribution in [-0.4, -0.2) is 63.4 Å². The molecule has 0 aliphatic carbocycles. The number of amides is 1. The number of anilines is 1. The molecule has 150 valence electrons. The fourth-order valence-electron chi connectivity index (χ4n) is 3.87. The van der Waals surface area contributed by atoms with Gasteiger partial charge in [-0.05, 0) is 25.1 Å². The molecule has 0 N–H and O–H groups in total. The van der Waals surface area contributed by atoms with Crippen molar-refractivity contribution in [2.45, 2.75) is 20.3 Å². The van der Waals surface area contributed by atoms with E-state index in [1.165, 1.54) is 0 Å². The summed E-state index contributed by atoms with van der Waals surface area (Å²) in [4.78, 5) is 21.6. The van der Waals surface area contributed by atoms with Crippen molar-refractivity contribution in [3.63, 3.8) is 0 Å². The Bertz CT molecular complexity index is 1090. The van der Waals surface area contributed by atoms with Crippen molar-refractivity contribution in [1.29, 1.82) is 0 Å². The molecular formula is C20H22N6O3. The average Bonchev–Trinajstić information content (AvgIpc) is 3.39. The Morgan fingerprint density at radius 2 is 1.86 bits per heavy atom. The maximum atomic E-state index is 12.9. The molecule has 2 aliphatic heterocycles. The lowest BCUT2D eigenvalue weighted by Crippen LogP contribution is -2.49. The van der Waals surface area contributed by atoms with Crippen LogP contribution in [0.25, 0.3) is 5.78 Å². The van der Waals surface area contributed by atoms with Gasteiger partial charge in [0, 0.05) is 49.9 Å². The number of piperazine rings is 1. The number of ether oxygens (including phenoxy) is 2. The summed E-state index contributed by atoms with van der Waals surface area (Å²) in [6.45, 7) is 6.99. The van der Waals surface area contributed by atoms with Gasteiger partial charge < -0.3 is 19.3 Å². The molecule has 3 aromatic rings. The van der Waals surface area contributed by atoms with Crippen molar-refractivity contribution in [3.05, 3.63) is 41.3 Å². The van der Waals surface area contributed by atoms with Crippen LogP contribution in [0.4, 0.5) is 5.82 Å². The molecule has 2 aromatic heterocycles. The molecule has 1 aromatic carbocycles. The largest absolute Gasteiger partial charge is 0.454 e. The molecule has 0 saturated carbocycles. The van der Waals surface area contributed by atoms with Gasteiger partial charge in [0.2, 0.25) is 6.79 Å². The molecule has 9 heteroatoms. The Morgan fingerprint density at radius 1 is 1.07 bits per heavy atom. The van der Waals surface area contributed by atoms with Crippen molar-refractivity contribution >= 4 is 17.5 Å². The van der Waals surface area contributed by atoms with Gasteiger partial charge in [0.25, 0.3) is 11.7 Å². The quantitative estimate of drug-likeness (QED) is 0.668. The predicted molar refractivity (Wildman–Crippen MR) is 106 cm³/mol. The van der Waals surface area contributed by atoms with E-state index in [-0.39, 0.29) is 12.7 Å². The van der Waals surface area contributed by atoms with E-state index in [4.69, 9.17) is 9.47 Å². The lowest BCUT2D eigenvalue weighted by molar-refractivity contribution is 0.0746. The van der Waals surface area contributed by atoms with Crippen LogP contribution >= 0.6 is 0 Å². The molecule has 0 spiro atoms. The molecule has 9 nitrogen and oxygen atoms in total. The zero-order valence-corrected chi connectivity index (χ0v) is 16.5. The van der Waals surface area contributed by atoms with Crippen LogP contribution in [0.2, 0.25) is 0 Å². The van der Waals surface area contributed by atoms with Crippen LogP contribution in [0.3, 0.4) is 0 Å². The topological polar surface area (TPSA) is 85.1 Å². The minimum atomic E-state index is 0.00702. The number of aromatic nitrogens is 4. The fourth-order valence-corrected chi connectivity index (χ4v) is 3.87. The number of hydrogen-bond acceptors (Lipinski definition) is 7. The van der Waals surface area contributed by atoms with Gasteiger partial charge in [-0.2, -0.15) is 4.98 Å². The summed E-state index contributed by atoms with van der Waals surface area (Å²) < 4.78 is 12.7. The highest BCUT2D eigenvalue weighted by Gasteiger charge is 2.25. The second-order valence-corrected chi connectivity index (χ2v) is 7.21. The molecule has 1 saturated heterocycles. The van der Waals surface area contributed by atoms with Gasteiger partial charge in [0.05, 0.1) is 0 Å². The summed E-state index contributed by atoms with van der Waals surface area (Å²) in [5.41, 5.74) is 1.68. The minimum Gasteiger partial charge on any atom is -0.454 e. The summed E-state index contributed by atoms with van der Waals surface area (Å²) in [5, 5.41) is 8.42. The SMILES string of the molecule is CCc1nnc2nc(N3CCN(C(=O)c4ccc5c(c4)OCO5)CC3)cc(C)n12. The second kappa shape index (κ2) is 6.91. The minimum absolute atomic E-state index is 0.00702. The molecular weight excluding hydrogens is 372 g/mol. The first kappa shape index (κ1) is 17.7. The standard InChI is InChI=1S/C20H22N6O3/c1-3-17-22-23-20-21-18(10-13(2)26(17)20)24-6-8-25(9-7-24)19(27)14-4-5-15-16(11-14)29-12-28-15/h4-5,10-11H,3,6-9,12H2,1-2H3. The Kier molecular flexibility index (Phi) is 4.22. The smallest absolute Gasteiger partial charge is 0.257 e. The van der Waals surface area contributed by atoms with Crippen molar-refractivity contribution in [2.75, 3.05) is 37.9 Å². The molecule has 0 bridgehead atoms. The first-order valence-electron chi connectivity index (χ1n) is 9.79. The maximum Gasteiger partial charge on any atom is 0.257 e. The number of hydrogen-bond donors (Lipinski definition) is 0. The summed E-state index contributed by atoms with van der Waals surface area (Å²) >= 11 is 0. The van der Waals surface area contributed by atoms with E-state index in [0.29, 0.717) is 49.0 Å². The molecule has 5 rings (SSSR count). The lowest BCUT2D eigenvalue weighted by atomic mass is 10.1. The van der Waals surface area contributed by atoms with Crippen molar-refractivity contribution < 1.29 is 14.3 Å². The number of aryl methyl sites for hydroxylation is 2. The number of nitrogens with zero attached hydrogens (tertiary/aromatic N) is 6. The van der Waals surface area contributed by atoms with E-state index in [0.717, 1.165) is 23.8 Å². The Balaban J connectivity index is 1.30. The van der Waals surface area contributed by atoms with Gasteiger partial charge in [-0.15, -0.1) is 10.2 Å². The van der Waals surface area contributed by atoms with Crippen molar-refractivity contribution in [2.24, 2.45) is 0 Å². The monoisotopic (exact) mass is 394 g/mol. The molecule has 29 heavy (non-hydrogen) atoms. The highest BCUT2D eigenvalue weighted by atomic mass is 16.7. The van der Waals surface area contributed by atoms with Gasteiger partial charge in [0.1, 0.15) is 11.6 Å². The number of rotatable bonds is 3. The fraction of sp³-hybridized carbons (Fsp3) is 0.400. The third-order valence-electron chi connectivity index (χ3n) is 5.44. The summed E-state index contributed by atoms with van der Waals surface area (Å²) in [6, 6.07) is 7.39. The van der Waals surface area contributed by atoms with Crippen LogP contribution in [0, 0.1) is 6.92 Å². The van der Waals surface area contributed by atoms with Crippen LogP contribution < -0.4 is 14.4 Å². The highest BCUT2D eigenvalue weighted by molar-refractivity contribution is 5.95. The number of benzene rings is 1. The van der Waals surface area contributed by atoms with Gasteiger partial charge in [-0.3, -0.25) is 9.20 Å². The Hall–Kier alpha value is -3.36. The van der Waals surface area contributed by atoms with Crippen LogP contribution in [0.5, 0.6) is 11.5 Å². The van der Waals surface area contributed by atoms with Crippen molar-refractivity contribution in [3.8, 4) is 11.5 Å². The first-order valence-corrected chi connectivity index (χ1v) is 9.79. The van der Waals surface area contributed by atoms with Gasteiger partial charge in [-0.25, -0.2) is 0 Å². The van der Waals surface area contributed by atoms with E-state index in [2.05, 4.69) is 33.1 Å². The van der Waals surface area contributed by atoms with Crippen LogP contribution in [0.1, 0.15) is 28.8 Å². The van der Waals surface area contributed by atoms with E-state index in [1.54, 1.807) is 18.2 Å². The zero-order chi connectivity index (χ0) is 20.0. The molecule has 0 unspecified atom stereocenters. The maximum absolute atomic E-state index is 12.9. The number of carbonyl (C=O) groups excluding carboxylic acids is 1. The lowest BCUT2D eigenvalue weighted by Gasteiger charge is -2.35.